The Morgan fingerprint density at radius 1 is 1.14 bits per heavy atom. The number of nitrogens with one attached hydrogen (secondary N) is 1. The van der Waals surface area contributed by atoms with E-state index in [4.69, 9.17) is 0 Å². The normalized spacial score (nSPS) is 14.6. The molecule has 2 unspecified atom stereocenters. The summed E-state index contributed by atoms with van der Waals surface area (Å²) in [5.41, 5.74) is -0.369. The number of benzene rings is 1. The van der Waals surface area contributed by atoms with Crippen LogP contribution in [0.5, 0.6) is 0 Å². The Morgan fingerprint density at radius 3 is 2.45 bits per heavy atom. The second-order valence-corrected chi connectivity index (χ2v) is 4.75. The van der Waals surface area contributed by atoms with Gasteiger partial charge in [-0.25, -0.2) is 4.98 Å². The first-order valence-corrected chi connectivity index (χ1v) is 6.47. The Kier molecular flexibility index (Phi) is 4.77. The topological polar surface area (TPSA) is 45.2 Å². The number of aromatic nitrogens is 1. The molecule has 2 rings (SSSR count). The quantitative estimate of drug-likeness (QED) is 0.673. The van der Waals surface area contributed by atoms with Gasteiger partial charge in [0.05, 0.1) is 17.7 Å². The highest BCUT2D eigenvalue weighted by Gasteiger charge is 2.31. The molecule has 1 heterocycles. The Balaban J connectivity index is 2.35. The second kappa shape index (κ2) is 6.41. The molecule has 118 valence electrons. The number of hydrogen-bond acceptors (Lipinski definition) is 3. The number of halogens is 4. The lowest BCUT2D eigenvalue weighted by molar-refractivity contribution is -0.137. The summed E-state index contributed by atoms with van der Waals surface area (Å²) in [6, 6.07) is 6.27. The van der Waals surface area contributed by atoms with Gasteiger partial charge in [0.15, 0.2) is 0 Å². The van der Waals surface area contributed by atoms with Crippen LogP contribution in [0.25, 0.3) is 0 Å². The third-order valence-corrected chi connectivity index (χ3v) is 3.29. The van der Waals surface area contributed by atoms with Crippen molar-refractivity contribution in [2.75, 3.05) is 7.05 Å². The molecular formula is C15H14F4N2O. The van der Waals surface area contributed by atoms with Crippen molar-refractivity contribution in [2.45, 2.75) is 18.3 Å². The van der Waals surface area contributed by atoms with Gasteiger partial charge in [0.1, 0.15) is 0 Å². The minimum Gasteiger partial charge on any atom is -0.386 e. The molecule has 0 radical (unpaired) electrons. The maximum atomic E-state index is 13.2. The molecule has 2 aromatic rings. The van der Waals surface area contributed by atoms with Crippen LogP contribution in [0, 0.1) is 5.95 Å². The molecule has 0 aliphatic rings. The van der Waals surface area contributed by atoms with E-state index in [1.54, 1.807) is 0 Å². The number of aliphatic hydroxyl groups excluding tert-OH is 1. The van der Waals surface area contributed by atoms with Crippen LogP contribution in [0.2, 0.25) is 0 Å². The van der Waals surface area contributed by atoms with Gasteiger partial charge in [-0.1, -0.05) is 12.1 Å². The second-order valence-electron chi connectivity index (χ2n) is 4.75. The van der Waals surface area contributed by atoms with Gasteiger partial charge < -0.3 is 10.4 Å². The van der Waals surface area contributed by atoms with Crippen LogP contribution in [-0.2, 0) is 6.18 Å². The highest BCUT2D eigenvalue weighted by atomic mass is 19.4. The first-order chi connectivity index (χ1) is 10.3. The van der Waals surface area contributed by atoms with Gasteiger partial charge in [0.2, 0.25) is 5.95 Å². The minimum absolute atomic E-state index is 0.0893. The summed E-state index contributed by atoms with van der Waals surface area (Å²) >= 11 is 0. The lowest BCUT2D eigenvalue weighted by atomic mass is 9.95. The molecule has 0 amide bonds. The third-order valence-electron chi connectivity index (χ3n) is 3.29. The predicted molar refractivity (Wildman–Crippen MR) is 72.4 cm³/mol. The van der Waals surface area contributed by atoms with Gasteiger partial charge in [-0.2, -0.15) is 17.6 Å². The molecule has 1 aromatic heterocycles. The molecule has 0 spiro atoms. The van der Waals surface area contributed by atoms with Gasteiger partial charge in [0.25, 0.3) is 0 Å². The smallest absolute Gasteiger partial charge is 0.386 e. The minimum atomic E-state index is -4.49. The highest BCUT2D eigenvalue weighted by molar-refractivity contribution is 5.30. The van der Waals surface area contributed by atoms with E-state index in [1.807, 2.05) is 0 Å². The Morgan fingerprint density at radius 2 is 1.86 bits per heavy atom. The number of hydrogen-bond donors (Lipinski definition) is 2. The summed E-state index contributed by atoms with van der Waals surface area (Å²) in [6.07, 6.45) is -4.53. The highest BCUT2D eigenvalue weighted by Crippen LogP contribution is 2.34. The summed E-state index contributed by atoms with van der Waals surface area (Å²) < 4.78 is 51.4. The summed E-state index contributed by atoms with van der Waals surface area (Å²) in [7, 11) is 1.53. The molecule has 2 atom stereocenters. The molecule has 7 heteroatoms. The van der Waals surface area contributed by atoms with Crippen molar-refractivity contribution in [3.8, 4) is 0 Å². The van der Waals surface area contributed by atoms with Crippen molar-refractivity contribution >= 4 is 0 Å². The fraction of sp³-hybridized carbons (Fsp3) is 0.267. The fourth-order valence-corrected chi connectivity index (χ4v) is 2.21. The van der Waals surface area contributed by atoms with E-state index < -0.39 is 29.8 Å². The lowest BCUT2D eigenvalue weighted by Crippen LogP contribution is -2.24. The Hall–Kier alpha value is -1.99. The zero-order valence-electron chi connectivity index (χ0n) is 11.6. The summed E-state index contributed by atoms with van der Waals surface area (Å²) in [4.78, 5) is 3.41. The van der Waals surface area contributed by atoms with Crippen molar-refractivity contribution in [1.29, 1.82) is 0 Å². The summed E-state index contributed by atoms with van der Waals surface area (Å²) in [5, 5.41) is 13.1. The monoisotopic (exact) mass is 314 g/mol. The number of pyridine rings is 1. The molecule has 0 saturated heterocycles. The zero-order chi connectivity index (χ0) is 16.3. The number of likely N-dealkylation sites (N-methyl/N-ethyl adjacent to an activating group) is 1. The standard InChI is InChI=1S/C15H14F4N2O/c1-20-13(9-5-6-21-12(16)8-9)14(22)10-3-2-4-11(7-10)15(17,18)19/h2-8,13-14,20,22H,1H3. The number of alkyl halides is 3. The Labute approximate surface area is 124 Å². The summed E-state index contributed by atoms with van der Waals surface area (Å²) in [6.45, 7) is 0. The van der Waals surface area contributed by atoms with Crippen LogP contribution in [0.3, 0.4) is 0 Å². The summed E-state index contributed by atoms with van der Waals surface area (Å²) in [5.74, 6) is -0.728. The van der Waals surface area contributed by atoms with Gasteiger partial charge in [-0.3, -0.25) is 0 Å². The van der Waals surface area contributed by atoms with Crippen LogP contribution in [0.1, 0.15) is 28.8 Å². The van der Waals surface area contributed by atoms with Crippen molar-refractivity contribution in [3.05, 3.63) is 65.2 Å². The SMILES string of the molecule is CNC(c1ccnc(F)c1)C(O)c1cccc(C(F)(F)F)c1. The maximum Gasteiger partial charge on any atom is 0.416 e. The van der Waals surface area contributed by atoms with E-state index in [0.717, 1.165) is 18.2 Å². The third kappa shape index (κ3) is 3.61. The Bertz CT molecular complexity index is 645. The molecule has 2 N–H and O–H groups in total. The zero-order valence-corrected chi connectivity index (χ0v) is 11.6. The van der Waals surface area contributed by atoms with Crippen LogP contribution in [0.15, 0.2) is 42.6 Å². The van der Waals surface area contributed by atoms with Gasteiger partial charge in [0, 0.05) is 6.20 Å². The lowest BCUT2D eigenvalue weighted by Gasteiger charge is -2.24. The van der Waals surface area contributed by atoms with E-state index in [9.17, 15) is 22.7 Å². The van der Waals surface area contributed by atoms with Gasteiger partial charge >= 0.3 is 6.18 Å². The van der Waals surface area contributed by atoms with E-state index in [1.165, 1.54) is 31.4 Å². The molecule has 1 aromatic carbocycles. The first-order valence-electron chi connectivity index (χ1n) is 6.47. The van der Waals surface area contributed by atoms with E-state index >= 15 is 0 Å². The number of rotatable bonds is 4. The van der Waals surface area contributed by atoms with E-state index in [0.29, 0.717) is 5.56 Å². The molecule has 22 heavy (non-hydrogen) atoms. The molecule has 0 aliphatic heterocycles. The maximum absolute atomic E-state index is 13.2. The van der Waals surface area contributed by atoms with Crippen LogP contribution >= 0.6 is 0 Å². The molecule has 0 bridgehead atoms. The first kappa shape index (κ1) is 16.4. The van der Waals surface area contributed by atoms with E-state index in [-0.39, 0.29) is 5.56 Å². The average Bonchev–Trinajstić information content (AvgIpc) is 2.47. The van der Waals surface area contributed by atoms with Crippen molar-refractivity contribution in [1.82, 2.24) is 10.3 Å². The van der Waals surface area contributed by atoms with Gasteiger partial charge in [-0.15, -0.1) is 0 Å². The predicted octanol–water partition coefficient (Wildman–Crippen LogP) is 3.23. The molecule has 0 fully saturated rings. The molecule has 3 nitrogen and oxygen atoms in total. The van der Waals surface area contributed by atoms with Crippen LogP contribution in [-0.4, -0.2) is 17.1 Å². The van der Waals surface area contributed by atoms with Gasteiger partial charge in [-0.05, 0) is 42.4 Å². The molecular weight excluding hydrogens is 300 g/mol. The van der Waals surface area contributed by atoms with Crippen molar-refractivity contribution < 1.29 is 22.7 Å². The van der Waals surface area contributed by atoms with Crippen LogP contribution in [0.4, 0.5) is 17.6 Å². The average molecular weight is 314 g/mol. The largest absolute Gasteiger partial charge is 0.416 e. The molecule has 0 saturated carbocycles. The van der Waals surface area contributed by atoms with Crippen molar-refractivity contribution in [2.24, 2.45) is 0 Å². The number of aliphatic hydroxyl groups is 1. The molecule has 0 aliphatic carbocycles. The van der Waals surface area contributed by atoms with Crippen molar-refractivity contribution in [3.63, 3.8) is 0 Å². The number of nitrogens with zero attached hydrogens (tertiary/aromatic N) is 1. The van der Waals surface area contributed by atoms with E-state index in [2.05, 4.69) is 10.3 Å². The fourth-order valence-electron chi connectivity index (χ4n) is 2.21. The van der Waals surface area contributed by atoms with Crippen LogP contribution < -0.4 is 5.32 Å².